The van der Waals surface area contributed by atoms with Crippen LogP contribution in [0.1, 0.15) is 60.0 Å². The fourth-order valence-electron chi connectivity index (χ4n) is 3.43. The van der Waals surface area contributed by atoms with Crippen molar-refractivity contribution in [1.29, 1.82) is 0 Å². The molecule has 172 valence electrons. The van der Waals surface area contributed by atoms with E-state index < -0.39 is 5.91 Å². The van der Waals surface area contributed by atoms with Crippen molar-refractivity contribution in [3.05, 3.63) is 40.8 Å². The normalized spacial score (nSPS) is 14.0. The highest BCUT2D eigenvalue weighted by Gasteiger charge is 2.30. The van der Waals surface area contributed by atoms with Crippen molar-refractivity contribution >= 4 is 23.3 Å². The van der Waals surface area contributed by atoms with Gasteiger partial charge in [-0.2, -0.15) is 0 Å². The molecule has 5 N–H and O–H groups in total. The van der Waals surface area contributed by atoms with Crippen LogP contribution in [0.3, 0.4) is 0 Å². The number of primary amides is 1. The molecular weight excluding hydrogens is 408 g/mol. The zero-order valence-electron chi connectivity index (χ0n) is 19.1. The van der Waals surface area contributed by atoms with Gasteiger partial charge in [0.05, 0.1) is 24.5 Å². The highest BCUT2D eigenvalue weighted by molar-refractivity contribution is 5.96. The summed E-state index contributed by atoms with van der Waals surface area (Å²) in [5, 5.41) is 9.04. The van der Waals surface area contributed by atoms with Crippen LogP contribution in [0.15, 0.2) is 18.2 Å². The van der Waals surface area contributed by atoms with Gasteiger partial charge in [-0.25, -0.2) is 9.97 Å². The molecule has 1 heterocycles. The van der Waals surface area contributed by atoms with E-state index in [-0.39, 0.29) is 17.6 Å². The van der Waals surface area contributed by atoms with Gasteiger partial charge in [-0.1, -0.05) is 6.92 Å². The number of aryl methyl sites for hydroxylation is 1. The SMILES string of the molecule is CCc1nc(C(N)=O)c(Nc2cc(CCNC(=O)C(C)NC)cc(OC)c2)nc1C1CC1. The average molecular weight is 441 g/mol. The molecule has 1 aliphatic rings. The summed E-state index contributed by atoms with van der Waals surface area (Å²) in [6, 6.07) is 5.42. The lowest BCUT2D eigenvalue weighted by Gasteiger charge is -2.15. The summed E-state index contributed by atoms with van der Waals surface area (Å²) in [4.78, 5) is 33.3. The summed E-state index contributed by atoms with van der Waals surface area (Å²) in [7, 11) is 3.34. The van der Waals surface area contributed by atoms with Crippen molar-refractivity contribution in [2.24, 2.45) is 5.73 Å². The van der Waals surface area contributed by atoms with Gasteiger partial charge < -0.3 is 26.4 Å². The van der Waals surface area contributed by atoms with Gasteiger partial charge in [0.25, 0.3) is 5.91 Å². The predicted molar refractivity (Wildman–Crippen MR) is 123 cm³/mol. The van der Waals surface area contributed by atoms with Gasteiger partial charge in [0.15, 0.2) is 11.5 Å². The smallest absolute Gasteiger partial charge is 0.271 e. The molecule has 2 amide bonds. The van der Waals surface area contributed by atoms with Crippen molar-refractivity contribution in [3.8, 4) is 5.75 Å². The average Bonchev–Trinajstić information content (AvgIpc) is 3.63. The van der Waals surface area contributed by atoms with Gasteiger partial charge in [0.2, 0.25) is 5.91 Å². The molecule has 0 spiro atoms. The minimum Gasteiger partial charge on any atom is -0.497 e. The van der Waals surface area contributed by atoms with Crippen LogP contribution in [0.5, 0.6) is 5.75 Å². The molecule has 1 aromatic heterocycles. The van der Waals surface area contributed by atoms with Crippen LogP contribution in [-0.2, 0) is 17.6 Å². The number of methoxy groups -OCH3 is 1. The maximum atomic E-state index is 12.1. The summed E-state index contributed by atoms with van der Waals surface area (Å²) >= 11 is 0. The Hall–Kier alpha value is -3.20. The minimum absolute atomic E-state index is 0.0567. The van der Waals surface area contributed by atoms with Crippen LogP contribution in [0.4, 0.5) is 11.5 Å². The Labute approximate surface area is 188 Å². The summed E-state index contributed by atoms with van der Waals surface area (Å²) < 4.78 is 5.44. The highest BCUT2D eigenvalue weighted by Crippen LogP contribution is 2.41. The maximum absolute atomic E-state index is 12.1. The largest absolute Gasteiger partial charge is 0.497 e. The van der Waals surface area contributed by atoms with Crippen molar-refractivity contribution in [2.75, 3.05) is 26.0 Å². The molecule has 1 aliphatic carbocycles. The number of carbonyl (C=O) groups excluding carboxylic acids is 2. The molecule has 1 aromatic carbocycles. The number of ether oxygens (including phenoxy) is 1. The summed E-state index contributed by atoms with van der Waals surface area (Å²) in [6.45, 7) is 4.29. The Kier molecular flexibility index (Phi) is 7.63. The molecule has 32 heavy (non-hydrogen) atoms. The molecule has 9 nitrogen and oxygen atoms in total. The Morgan fingerprint density at radius 3 is 2.59 bits per heavy atom. The van der Waals surface area contributed by atoms with E-state index >= 15 is 0 Å². The lowest BCUT2D eigenvalue weighted by atomic mass is 10.1. The quantitative estimate of drug-likeness (QED) is 0.420. The van der Waals surface area contributed by atoms with E-state index in [9.17, 15) is 9.59 Å². The first-order valence-electron chi connectivity index (χ1n) is 11.0. The Balaban J connectivity index is 1.83. The molecule has 0 aliphatic heterocycles. The molecule has 1 unspecified atom stereocenters. The predicted octanol–water partition coefficient (Wildman–Crippen LogP) is 2.03. The molecular formula is C23H32N6O3. The van der Waals surface area contributed by atoms with Gasteiger partial charge in [-0.15, -0.1) is 0 Å². The van der Waals surface area contributed by atoms with E-state index in [2.05, 4.69) is 20.9 Å². The summed E-state index contributed by atoms with van der Waals surface area (Å²) in [6.07, 6.45) is 3.47. The van der Waals surface area contributed by atoms with Crippen LogP contribution in [0.25, 0.3) is 0 Å². The van der Waals surface area contributed by atoms with Crippen molar-refractivity contribution in [2.45, 2.75) is 51.5 Å². The first-order valence-corrected chi connectivity index (χ1v) is 11.0. The topological polar surface area (TPSA) is 131 Å². The number of aromatic nitrogens is 2. The first-order chi connectivity index (χ1) is 15.4. The fraction of sp³-hybridized carbons (Fsp3) is 0.478. The second kappa shape index (κ2) is 10.4. The number of hydrogen-bond acceptors (Lipinski definition) is 7. The minimum atomic E-state index is -0.624. The van der Waals surface area contributed by atoms with Gasteiger partial charge in [-0.05, 0) is 57.4 Å². The van der Waals surface area contributed by atoms with Crippen LogP contribution < -0.4 is 26.4 Å². The molecule has 1 fully saturated rings. The summed E-state index contributed by atoms with van der Waals surface area (Å²) in [5.74, 6) is 0.720. The molecule has 2 aromatic rings. The standard InChI is InChI=1S/C23H32N6O3/c1-5-18-19(15-6-7-15)29-22(20(28-18)21(24)30)27-16-10-14(11-17(12-16)32-4)8-9-26-23(31)13(2)25-3/h10-13,15,25H,5-9H2,1-4H3,(H2,24,30)(H,26,31)(H,27,29). The van der Waals surface area contributed by atoms with E-state index in [0.717, 1.165) is 29.8 Å². The zero-order valence-corrected chi connectivity index (χ0v) is 19.1. The van der Waals surface area contributed by atoms with Gasteiger partial charge in [0.1, 0.15) is 5.75 Å². The van der Waals surface area contributed by atoms with Gasteiger partial charge >= 0.3 is 0 Å². The molecule has 9 heteroatoms. The van der Waals surface area contributed by atoms with E-state index in [0.29, 0.717) is 42.6 Å². The Morgan fingerprint density at radius 1 is 1.25 bits per heavy atom. The number of rotatable bonds is 11. The second-order valence-electron chi connectivity index (χ2n) is 7.99. The lowest BCUT2D eigenvalue weighted by molar-refractivity contribution is -0.122. The lowest BCUT2D eigenvalue weighted by Crippen LogP contribution is -2.41. The highest BCUT2D eigenvalue weighted by atomic mass is 16.5. The molecule has 0 saturated heterocycles. The van der Waals surface area contributed by atoms with E-state index in [1.165, 1.54) is 0 Å². The van der Waals surface area contributed by atoms with Crippen molar-refractivity contribution < 1.29 is 14.3 Å². The third kappa shape index (κ3) is 5.73. The van der Waals surface area contributed by atoms with E-state index in [1.54, 1.807) is 21.1 Å². The monoisotopic (exact) mass is 440 g/mol. The third-order valence-corrected chi connectivity index (χ3v) is 5.54. The maximum Gasteiger partial charge on any atom is 0.271 e. The Bertz CT molecular complexity index is 990. The number of amides is 2. The molecule has 0 bridgehead atoms. The van der Waals surface area contributed by atoms with Crippen molar-refractivity contribution in [1.82, 2.24) is 20.6 Å². The summed E-state index contributed by atoms with van der Waals surface area (Å²) in [5.41, 5.74) is 9.15. The van der Waals surface area contributed by atoms with Crippen LogP contribution in [-0.4, -0.2) is 48.5 Å². The molecule has 3 rings (SSSR count). The van der Waals surface area contributed by atoms with Crippen LogP contribution >= 0.6 is 0 Å². The number of nitrogens with two attached hydrogens (primary N) is 1. The number of carbonyl (C=O) groups is 2. The molecule has 1 saturated carbocycles. The number of nitrogens with one attached hydrogen (secondary N) is 3. The van der Waals surface area contributed by atoms with E-state index in [1.807, 2.05) is 25.1 Å². The van der Waals surface area contributed by atoms with Crippen LogP contribution in [0.2, 0.25) is 0 Å². The number of benzene rings is 1. The molecule has 0 radical (unpaired) electrons. The first kappa shape index (κ1) is 23.5. The number of anilines is 2. The van der Waals surface area contributed by atoms with Gasteiger partial charge in [-0.3, -0.25) is 9.59 Å². The number of nitrogens with zero attached hydrogens (tertiary/aromatic N) is 2. The number of likely N-dealkylation sites (N-methyl/N-ethyl adjacent to an activating group) is 1. The van der Waals surface area contributed by atoms with Gasteiger partial charge in [0, 0.05) is 24.2 Å². The zero-order chi connectivity index (χ0) is 23.3. The van der Waals surface area contributed by atoms with Crippen LogP contribution in [0, 0.1) is 0 Å². The molecule has 1 atom stereocenters. The Morgan fingerprint density at radius 2 is 2.00 bits per heavy atom. The van der Waals surface area contributed by atoms with E-state index in [4.69, 9.17) is 15.5 Å². The fourth-order valence-corrected chi connectivity index (χ4v) is 3.43. The number of hydrogen-bond donors (Lipinski definition) is 4. The second-order valence-corrected chi connectivity index (χ2v) is 7.99. The van der Waals surface area contributed by atoms with Crippen molar-refractivity contribution in [3.63, 3.8) is 0 Å². The third-order valence-electron chi connectivity index (χ3n) is 5.54.